The Morgan fingerprint density at radius 3 is 1.75 bits per heavy atom. The fraction of sp³-hybridized carbons (Fsp3) is 1.00. The highest BCUT2D eigenvalue weighted by atomic mass is 28.4. The zero-order valence-electron chi connectivity index (χ0n) is 9.23. The van der Waals surface area contributed by atoms with E-state index in [0.717, 1.165) is 12.7 Å². The maximum absolute atomic E-state index is 5.81. The van der Waals surface area contributed by atoms with E-state index in [0.29, 0.717) is 0 Å². The molecule has 0 rings (SSSR count). The molecule has 0 fully saturated rings. The van der Waals surface area contributed by atoms with Crippen LogP contribution in [0.5, 0.6) is 0 Å². The van der Waals surface area contributed by atoms with Crippen LogP contribution in [0.25, 0.3) is 0 Å². The monoisotopic (exact) mass is 190 g/mol. The lowest BCUT2D eigenvalue weighted by Gasteiger charge is -2.38. The van der Waals surface area contributed by atoms with E-state index in [-0.39, 0.29) is 5.04 Å². The summed E-state index contributed by atoms with van der Waals surface area (Å²) in [4.78, 5) is 0. The highest BCUT2D eigenvalue weighted by Crippen LogP contribution is 2.39. The third-order valence-corrected chi connectivity index (χ3v) is 6.95. The van der Waals surface area contributed by atoms with Crippen molar-refractivity contribution < 1.29 is 8.85 Å². The van der Waals surface area contributed by atoms with Gasteiger partial charge in [0.05, 0.1) is 0 Å². The summed E-state index contributed by atoms with van der Waals surface area (Å²) in [6.07, 6.45) is 0. The fourth-order valence-electron chi connectivity index (χ4n) is 1.59. The smallest absolute Gasteiger partial charge is 0.343 e. The first kappa shape index (κ1) is 12.1. The van der Waals surface area contributed by atoms with Gasteiger partial charge in [0, 0.05) is 18.8 Å². The normalized spacial score (nSPS) is 17.5. The third-order valence-electron chi connectivity index (χ3n) is 2.32. The first-order chi connectivity index (χ1) is 5.43. The minimum absolute atomic E-state index is 0.159. The quantitative estimate of drug-likeness (QED) is 0.635. The molecule has 0 radical (unpaired) electrons. The lowest BCUT2D eigenvalue weighted by Crippen LogP contribution is -2.48. The Morgan fingerprint density at radius 1 is 1.17 bits per heavy atom. The van der Waals surface area contributed by atoms with Gasteiger partial charge in [-0.3, -0.25) is 0 Å². The van der Waals surface area contributed by atoms with Crippen LogP contribution in [0.2, 0.25) is 11.1 Å². The summed E-state index contributed by atoms with van der Waals surface area (Å²) in [5.74, 6) is 0. The summed E-state index contributed by atoms with van der Waals surface area (Å²) in [7, 11) is -0.171. The summed E-state index contributed by atoms with van der Waals surface area (Å²) in [6, 6.07) is 1.01. The molecular formula is C9H22O2Si. The molecule has 0 aliphatic rings. The Bertz CT molecular complexity index is 125. The Kier molecular flexibility index (Phi) is 4.44. The lowest BCUT2D eigenvalue weighted by atomic mass is 10.2. The van der Waals surface area contributed by atoms with Gasteiger partial charge in [0.2, 0.25) is 0 Å². The molecule has 0 heterocycles. The molecule has 0 aliphatic heterocycles. The van der Waals surface area contributed by atoms with Crippen LogP contribution in [-0.2, 0) is 8.85 Å². The van der Waals surface area contributed by atoms with E-state index in [1.54, 1.807) is 7.11 Å². The molecule has 0 bridgehead atoms. The van der Waals surface area contributed by atoms with Gasteiger partial charge < -0.3 is 8.85 Å². The van der Waals surface area contributed by atoms with E-state index >= 15 is 0 Å². The highest BCUT2D eigenvalue weighted by molar-refractivity contribution is 6.70. The average molecular weight is 190 g/mol. The van der Waals surface area contributed by atoms with Gasteiger partial charge in [0.15, 0.2) is 0 Å². The van der Waals surface area contributed by atoms with Crippen molar-refractivity contribution in [1.82, 2.24) is 0 Å². The van der Waals surface area contributed by atoms with Crippen LogP contribution in [0.1, 0.15) is 34.6 Å². The molecule has 1 unspecified atom stereocenters. The molecule has 0 saturated carbocycles. The van der Waals surface area contributed by atoms with Crippen LogP contribution < -0.4 is 0 Å². The van der Waals surface area contributed by atoms with Gasteiger partial charge in [-0.05, 0) is 13.0 Å². The summed E-state index contributed by atoms with van der Waals surface area (Å²) < 4.78 is 11.4. The van der Waals surface area contributed by atoms with Crippen LogP contribution in [0.3, 0.4) is 0 Å². The molecule has 0 amide bonds. The van der Waals surface area contributed by atoms with Crippen LogP contribution >= 0.6 is 0 Å². The van der Waals surface area contributed by atoms with Crippen LogP contribution in [-0.4, -0.2) is 22.3 Å². The second kappa shape index (κ2) is 4.39. The Hall–Kier alpha value is 0.137. The first-order valence-corrected chi connectivity index (χ1v) is 6.65. The fourth-order valence-corrected chi connectivity index (χ4v) is 4.77. The zero-order valence-corrected chi connectivity index (χ0v) is 10.2. The van der Waals surface area contributed by atoms with Crippen molar-refractivity contribution >= 4 is 8.56 Å². The van der Waals surface area contributed by atoms with Gasteiger partial charge in [-0.2, -0.15) is 0 Å². The predicted octanol–water partition coefficient (Wildman–Crippen LogP) is 2.93. The van der Waals surface area contributed by atoms with Crippen LogP contribution in [0.4, 0.5) is 0 Å². The van der Waals surface area contributed by atoms with Gasteiger partial charge in [-0.25, -0.2) is 0 Å². The maximum Gasteiger partial charge on any atom is 0.343 e. The lowest BCUT2D eigenvalue weighted by molar-refractivity contribution is 0.185. The van der Waals surface area contributed by atoms with E-state index in [9.17, 15) is 0 Å². The Balaban J connectivity index is 4.57. The van der Waals surface area contributed by atoms with E-state index in [4.69, 9.17) is 8.85 Å². The number of rotatable bonds is 4. The minimum atomic E-state index is -1.95. The van der Waals surface area contributed by atoms with E-state index in [1.807, 2.05) is 6.92 Å². The van der Waals surface area contributed by atoms with Crippen molar-refractivity contribution in [2.75, 3.05) is 13.7 Å². The Labute approximate surface area is 77.5 Å². The molecule has 2 nitrogen and oxygen atoms in total. The van der Waals surface area contributed by atoms with Crippen molar-refractivity contribution in [1.29, 1.82) is 0 Å². The number of hydrogen-bond donors (Lipinski definition) is 0. The molecule has 0 aliphatic carbocycles. The molecule has 0 aromatic heterocycles. The van der Waals surface area contributed by atoms with Crippen molar-refractivity contribution in [2.45, 2.75) is 45.7 Å². The second-order valence-electron chi connectivity index (χ2n) is 3.99. The molecule has 74 valence electrons. The predicted molar refractivity (Wildman–Crippen MR) is 54.6 cm³/mol. The topological polar surface area (TPSA) is 18.5 Å². The third kappa shape index (κ3) is 2.31. The van der Waals surface area contributed by atoms with Gasteiger partial charge in [-0.15, -0.1) is 0 Å². The zero-order chi connectivity index (χ0) is 9.83. The SMILES string of the molecule is CCO[Si](CC)(OC)C(C)(C)C. The van der Waals surface area contributed by atoms with Gasteiger partial charge in [0.1, 0.15) is 0 Å². The van der Waals surface area contributed by atoms with Crippen molar-refractivity contribution in [3.8, 4) is 0 Å². The summed E-state index contributed by atoms with van der Waals surface area (Å²) in [5, 5.41) is 0.159. The first-order valence-electron chi connectivity index (χ1n) is 4.62. The van der Waals surface area contributed by atoms with Crippen LogP contribution in [0.15, 0.2) is 0 Å². The molecule has 0 aromatic rings. The Morgan fingerprint density at radius 2 is 1.67 bits per heavy atom. The minimum Gasteiger partial charge on any atom is -0.397 e. The van der Waals surface area contributed by atoms with Crippen molar-refractivity contribution in [3.63, 3.8) is 0 Å². The van der Waals surface area contributed by atoms with E-state index < -0.39 is 8.56 Å². The second-order valence-corrected chi connectivity index (χ2v) is 8.40. The maximum atomic E-state index is 5.81. The van der Waals surface area contributed by atoms with Crippen molar-refractivity contribution in [3.05, 3.63) is 0 Å². The van der Waals surface area contributed by atoms with E-state index in [2.05, 4.69) is 27.7 Å². The van der Waals surface area contributed by atoms with Crippen molar-refractivity contribution in [2.24, 2.45) is 0 Å². The molecule has 3 heteroatoms. The van der Waals surface area contributed by atoms with Gasteiger partial charge >= 0.3 is 8.56 Å². The molecule has 1 atom stereocenters. The van der Waals surface area contributed by atoms with Gasteiger partial charge in [-0.1, -0.05) is 27.7 Å². The average Bonchev–Trinajstić information content (AvgIpc) is 1.98. The van der Waals surface area contributed by atoms with E-state index in [1.165, 1.54) is 0 Å². The molecule has 0 N–H and O–H groups in total. The molecule has 0 spiro atoms. The molecule has 12 heavy (non-hydrogen) atoms. The molecular weight excluding hydrogens is 168 g/mol. The molecule has 0 aromatic carbocycles. The highest BCUT2D eigenvalue weighted by Gasteiger charge is 2.46. The number of hydrogen-bond acceptors (Lipinski definition) is 2. The standard InChI is InChI=1S/C9H22O2Si/c1-7-11-12(8-2,10-6)9(3,4)5/h7-8H2,1-6H3. The summed E-state index contributed by atoms with van der Waals surface area (Å²) in [5.41, 5.74) is 0. The van der Waals surface area contributed by atoms with Gasteiger partial charge in [0.25, 0.3) is 0 Å². The largest absolute Gasteiger partial charge is 0.397 e. The molecule has 0 saturated heterocycles. The summed E-state index contributed by atoms with van der Waals surface area (Å²) >= 11 is 0. The van der Waals surface area contributed by atoms with Crippen LogP contribution in [0, 0.1) is 0 Å². The summed E-state index contributed by atoms with van der Waals surface area (Å²) in [6.45, 7) is 11.5.